The summed E-state index contributed by atoms with van der Waals surface area (Å²) in [6.45, 7) is 13.1. The van der Waals surface area contributed by atoms with E-state index in [1.54, 1.807) is 21.7 Å². The number of carbonyl (C=O) groups excluding carboxylic acids is 4. The molecule has 0 aromatic heterocycles. The minimum atomic E-state index is -1.48. The molecule has 6 radical (unpaired) electrons. The molecule has 0 aliphatic heterocycles. The summed E-state index contributed by atoms with van der Waals surface area (Å²) in [4.78, 5) is 41.5. The van der Waals surface area contributed by atoms with Crippen LogP contribution in [-0.2, 0) is 19.2 Å². The predicted molar refractivity (Wildman–Crippen MR) is 194 cm³/mol. The Hall–Kier alpha value is -1.84. The van der Waals surface area contributed by atoms with E-state index in [1.807, 2.05) is 0 Å². The van der Waals surface area contributed by atoms with Crippen LogP contribution >= 0.6 is 0 Å². The van der Waals surface area contributed by atoms with Crippen LogP contribution < -0.4 is 20.4 Å². The molecule has 0 amide bonds. The summed E-state index contributed by atoms with van der Waals surface area (Å²) in [5.41, 5.74) is -0.380. The molecule has 9 heteroatoms. The zero-order valence-electron chi connectivity index (χ0n) is 32.0. The summed E-state index contributed by atoms with van der Waals surface area (Å²) in [6.07, 6.45) is 26.9. The average Bonchev–Trinajstić information content (AvgIpc) is 3.01. The standard InChI is InChI=1S/2C12H20O4.2C8H17.Sn/c2*1-9(2)6-4-3-5-7-10(12(15)16)8-11(13)14;2*1-3-5-7-8-6-4-2;/h2*8-9H,3-7H2,1-2H3,(H,13,14)(H,15,16);2*1,3-8H2,2H3;/q;;;;+4/p-4/b2*10-8-;;;. The Bertz CT molecular complexity index is 810. The van der Waals surface area contributed by atoms with Gasteiger partial charge in [-0.2, -0.15) is 0 Å². The van der Waals surface area contributed by atoms with Crippen LogP contribution in [0.3, 0.4) is 0 Å². The molecule has 0 saturated carbocycles. The Labute approximate surface area is 310 Å². The van der Waals surface area contributed by atoms with Crippen molar-refractivity contribution in [2.75, 3.05) is 0 Å². The molecule has 0 aromatic rings. The van der Waals surface area contributed by atoms with Gasteiger partial charge < -0.3 is 39.6 Å². The number of aliphatic carboxylic acids is 4. The van der Waals surface area contributed by atoms with Gasteiger partial charge in [0, 0.05) is 0 Å². The van der Waals surface area contributed by atoms with Gasteiger partial charge in [0.05, 0.1) is 23.9 Å². The van der Waals surface area contributed by atoms with Gasteiger partial charge in [0.25, 0.3) is 0 Å². The summed E-state index contributed by atoms with van der Waals surface area (Å²) in [7, 11) is 0. The van der Waals surface area contributed by atoms with Crippen molar-refractivity contribution in [3.63, 3.8) is 0 Å². The van der Waals surface area contributed by atoms with E-state index in [0.29, 0.717) is 36.8 Å². The number of carboxylic acid groups (broad SMARTS) is 4. The maximum absolute atomic E-state index is 10.5. The molecule has 0 bridgehead atoms. The molecule has 0 aromatic carbocycles. The van der Waals surface area contributed by atoms with Gasteiger partial charge in [-0.25, -0.2) is 0 Å². The van der Waals surface area contributed by atoms with Gasteiger partial charge in [-0.05, 0) is 60.8 Å². The van der Waals surface area contributed by atoms with Crippen molar-refractivity contribution >= 4 is 45.0 Å². The van der Waals surface area contributed by atoms with Crippen LogP contribution in [0, 0.1) is 11.8 Å². The van der Waals surface area contributed by atoms with Crippen molar-refractivity contribution in [1.29, 1.82) is 0 Å². The summed E-state index contributed by atoms with van der Waals surface area (Å²) in [5, 5.41) is 41.5. The number of rotatable bonds is 30. The number of carboxylic acids is 4. The Kier molecular flexibility index (Phi) is 41.0. The number of hydrogen-bond donors (Lipinski definition) is 0. The molecule has 0 spiro atoms. The van der Waals surface area contributed by atoms with Gasteiger partial charge in [-0.1, -0.05) is 66.2 Å². The quantitative estimate of drug-likeness (QED) is 0.0466. The Morgan fingerprint density at radius 1 is 0.469 bits per heavy atom. The fourth-order valence-corrected chi connectivity index (χ4v) is 8.59. The van der Waals surface area contributed by atoms with Gasteiger partial charge in [0.2, 0.25) is 0 Å². The second kappa shape index (κ2) is 39.0. The normalized spacial score (nSPS) is 11.5. The molecule has 0 aliphatic rings. The summed E-state index contributed by atoms with van der Waals surface area (Å²) in [5.74, 6) is -4.54. The number of hydrogen-bond acceptors (Lipinski definition) is 8. The van der Waals surface area contributed by atoms with E-state index in [-0.39, 0.29) is 45.1 Å². The molecule has 282 valence electrons. The molecule has 0 rings (SSSR count). The molecule has 0 heterocycles. The van der Waals surface area contributed by atoms with Crippen LogP contribution in [0.2, 0.25) is 8.87 Å². The molecule has 8 nitrogen and oxygen atoms in total. The van der Waals surface area contributed by atoms with Gasteiger partial charge in [0.15, 0.2) is 0 Å². The topological polar surface area (TPSA) is 161 Å². The third kappa shape index (κ3) is 46.2. The third-order valence-corrected chi connectivity index (χ3v) is 12.0. The SMILES string of the molecule is CC(C)CCCCC/C(=C/C(=O)[O-])C(=O)[O-].CC(C)CCCCC/C(=C/C(=O)[O-])C(=O)[O-].CCCCCCC[CH2][Sn+4][CH2]CCCCCCC. The van der Waals surface area contributed by atoms with E-state index in [9.17, 15) is 39.6 Å². The van der Waals surface area contributed by atoms with Gasteiger partial charge in [0.1, 0.15) is 0 Å². The van der Waals surface area contributed by atoms with Crippen molar-refractivity contribution in [3.05, 3.63) is 23.3 Å². The Morgan fingerprint density at radius 2 is 0.776 bits per heavy atom. The molecule has 0 saturated heterocycles. The first-order valence-corrected chi connectivity index (χ1v) is 23.3. The van der Waals surface area contributed by atoms with Crippen LogP contribution in [-0.4, -0.2) is 45.0 Å². The first kappa shape index (κ1) is 51.5. The monoisotopic (exact) mass is 798 g/mol. The molecule has 0 atom stereocenters. The molecule has 0 N–H and O–H groups in total. The molecular weight excluding hydrogens is 727 g/mol. The number of unbranched alkanes of at least 4 members (excludes halogenated alkanes) is 14. The second-order valence-corrected chi connectivity index (χ2v) is 18.1. The predicted octanol–water partition coefficient (Wildman–Crippen LogP) is 6.29. The van der Waals surface area contributed by atoms with Gasteiger partial charge >= 0.3 is 121 Å². The zero-order valence-corrected chi connectivity index (χ0v) is 34.9. The third-order valence-electron chi connectivity index (χ3n) is 7.98. The Morgan fingerprint density at radius 3 is 1.06 bits per heavy atom. The van der Waals surface area contributed by atoms with Gasteiger partial charge in [-0.3, -0.25) is 0 Å². The van der Waals surface area contributed by atoms with Crippen molar-refractivity contribution in [2.24, 2.45) is 11.8 Å². The van der Waals surface area contributed by atoms with E-state index in [4.69, 9.17) is 0 Å². The van der Waals surface area contributed by atoms with Crippen molar-refractivity contribution in [1.82, 2.24) is 0 Å². The van der Waals surface area contributed by atoms with Crippen molar-refractivity contribution in [3.8, 4) is 0 Å². The molecular formula is C40H70O8Sn. The van der Waals surface area contributed by atoms with E-state index in [2.05, 4.69) is 41.5 Å². The number of carbonyl (C=O) groups is 4. The van der Waals surface area contributed by atoms with Crippen molar-refractivity contribution < 1.29 is 39.6 Å². The molecule has 0 fully saturated rings. The second-order valence-electron chi connectivity index (χ2n) is 13.8. The van der Waals surface area contributed by atoms with Crippen LogP contribution in [0.1, 0.15) is 183 Å². The van der Waals surface area contributed by atoms with Crippen molar-refractivity contribution in [2.45, 2.75) is 192 Å². The first-order valence-electron chi connectivity index (χ1n) is 19.2. The van der Waals surface area contributed by atoms with E-state index in [1.165, 1.54) is 64.2 Å². The van der Waals surface area contributed by atoms with Crippen LogP contribution in [0.4, 0.5) is 0 Å². The molecule has 0 aliphatic carbocycles. The first-order chi connectivity index (χ1) is 23.3. The van der Waals surface area contributed by atoms with Gasteiger partial charge in [-0.15, -0.1) is 0 Å². The van der Waals surface area contributed by atoms with Crippen LogP contribution in [0.15, 0.2) is 23.3 Å². The van der Waals surface area contributed by atoms with E-state index in [0.717, 1.165) is 38.5 Å². The van der Waals surface area contributed by atoms with E-state index >= 15 is 0 Å². The molecule has 49 heavy (non-hydrogen) atoms. The maximum atomic E-state index is 10.5. The molecule has 0 unspecified atom stereocenters. The summed E-state index contributed by atoms with van der Waals surface area (Å²) < 4.78 is 3.31. The fraction of sp³-hybridized carbons (Fsp3) is 0.800. The zero-order chi connectivity index (χ0) is 37.7. The Balaban J connectivity index is -0.000000648. The minimum absolute atomic E-state index is 0.0736. The summed E-state index contributed by atoms with van der Waals surface area (Å²) in [6, 6.07) is 0. The van der Waals surface area contributed by atoms with E-state index < -0.39 is 23.9 Å². The summed E-state index contributed by atoms with van der Waals surface area (Å²) >= 11 is 0.0736. The van der Waals surface area contributed by atoms with Crippen LogP contribution in [0.5, 0.6) is 0 Å². The van der Waals surface area contributed by atoms with Crippen LogP contribution in [0.25, 0.3) is 0 Å². The fourth-order valence-electron chi connectivity index (χ4n) is 5.03. The average molecular weight is 798 g/mol.